The Labute approximate surface area is 119 Å². The minimum Gasteiger partial charge on any atom is -0.460 e. The van der Waals surface area contributed by atoms with Gasteiger partial charge in [-0.3, -0.25) is 4.79 Å². The summed E-state index contributed by atoms with van der Waals surface area (Å²) in [6.07, 6.45) is 3.84. The van der Waals surface area contributed by atoms with Crippen molar-refractivity contribution in [2.45, 2.75) is 72.8 Å². The van der Waals surface area contributed by atoms with Gasteiger partial charge in [0.1, 0.15) is 5.60 Å². The molecule has 0 aromatic carbocycles. The molecule has 0 saturated carbocycles. The molecule has 3 heteroatoms. The SMILES string of the molecule is CN(CCCC(=O)OC(C)(C)C)CCCC(C)(C)C. The largest absolute Gasteiger partial charge is 0.460 e. The molecule has 0 aliphatic heterocycles. The molecule has 0 aromatic rings. The van der Waals surface area contributed by atoms with E-state index >= 15 is 0 Å². The Morgan fingerprint density at radius 2 is 1.53 bits per heavy atom. The first-order valence-corrected chi connectivity index (χ1v) is 7.40. The average Bonchev–Trinajstić information content (AvgIpc) is 2.12. The van der Waals surface area contributed by atoms with Crippen molar-refractivity contribution in [3.05, 3.63) is 0 Å². The van der Waals surface area contributed by atoms with Crippen LogP contribution in [0.4, 0.5) is 0 Å². The van der Waals surface area contributed by atoms with Gasteiger partial charge in [-0.25, -0.2) is 0 Å². The van der Waals surface area contributed by atoms with Gasteiger partial charge in [0.25, 0.3) is 0 Å². The molecule has 0 atom stereocenters. The zero-order valence-electron chi connectivity index (χ0n) is 14.0. The Bertz CT molecular complexity index is 261. The highest BCUT2D eigenvalue weighted by molar-refractivity contribution is 5.69. The number of carbonyl (C=O) groups is 1. The van der Waals surface area contributed by atoms with Crippen LogP contribution in [0.2, 0.25) is 0 Å². The lowest BCUT2D eigenvalue weighted by Gasteiger charge is -2.22. The van der Waals surface area contributed by atoms with Crippen molar-refractivity contribution < 1.29 is 9.53 Å². The van der Waals surface area contributed by atoms with Gasteiger partial charge in [0.15, 0.2) is 0 Å². The Hall–Kier alpha value is -0.570. The van der Waals surface area contributed by atoms with E-state index < -0.39 is 0 Å². The molecule has 0 rings (SSSR count). The summed E-state index contributed by atoms with van der Waals surface area (Å²) in [5.41, 5.74) is 0.0487. The van der Waals surface area contributed by atoms with Gasteiger partial charge in [-0.05, 0) is 65.6 Å². The molecular formula is C16H33NO2. The van der Waals surface area contributed by atoms with E-state index in [4.69, 9.17) is 4.74 Å². The summed E-state index contributed by atoms with van der Waals surface area (Å²) in [6.45, 7) is 14.6. The smallest absolute Gasteiger partial charge is 0.306 e. The molecule has 0 aromatic heterocycles. The van der Waals surface area contributed by atoms with Crippen molar-refractivity contribution >= 4 is 5.97 Å². The van der Waals surface area contributed by atoms with Crippen molar-refractivity contribution in [1.29, 1.82) is 0 Å². The first-order valence-electron chi connectivity index (χ1n) is 7.40. The number of ether oxygens (including phenoxy) is 1. The second kappa shape index (κ2) is 7.88. The Morgan fingerprint density at radius 3 is 2.00 bits per heavy atom. The molecule has 0 bridgehead atoms. The van der Waals surface area contributed by atoms with Crippen LogP contribution in [0.1, 0.15) is 67.2 Å². The molecule has 3 nitrogen and oxygen atoms in total. The second-order valence-corrected chi connectivity index (χ2v) is 7.66. The second-order valence-electron chi connectivity index (χ2n) is 7.66. The molecule has 0 spiro atoms. The van der Waals surface area contributed by atoms with Crippen LogP contribution in [0.3, 0.4) is 0 Å². The summed E-state index contributed by atoms with van der Waals surface area (Å²) in [4.78, 5) is 13.8. The van der Waals surface area contributed by atoms with Crippen molar-refractivity contribution in [2.24, 2.45) is 5.41 Å². The zero-order valence-corrected chi connectivity index (χ0v) is 14.0. The summed E-state index contributed by atoms with van der Waals surface area (Å²) in [6, 6.07) is 0. The van der Waals surface area contributed by atoms with Gasteiger partial charge in [-0.15, -0.1) is 0 Å². The number of nitrogens with zero attached hydrogens (tertiary/aromatic N) is 1. The lowest BCUT2D eigenvalue weighted by molar-refractivity contribution is -0.154. The molecule has 114 valence electrons. The Kier molecular flexibility index (Phi) is 7.65. The molecule has 0 amide bonds. The maximum atomic E-state index is 11.5. The maximum Gasteiger partial charge on any atom is 0.306 e. The monoisotopic (exact) mass is 271 g/mol. The number of hydrogen-bond acceptors (Lipinski definition) is 3. The van der Waals surface area contributed by atoms with Crippen LogP contribution in [-0.2, 0) is 9.53 Å². The van der Waals surface area contributed by atoms with Crippen molar-refractivity contribution in [2.75, 3.05) is 20.1 Å². The van der Waals surface area contributed by atoms with Gasteiger partial charge in [-0.2, -0.15) is 0 Å². The van der Waals surface area contributed by atoms with Crippen LogP contribution in [0.15, 0.2) is 0 Å². The average molecular weight is 271 g/mol. The quantitative estimate of drug-likeness (QED) is 0.658. The fourth-order valence-corrected chi connectivity index (χ4v) is 1.88. The van der Waals surface area contributed by atoms with Crippen LogP contribution in [-0.4, -0.2) is 36.6 Å². The minimum absolute atomic E-state index is 0.0874. The van der Waals surface area contributed by atoms with Crippen LogP contribution in [0.5, 0.6) is 0 Å². The van der Waals surface area contributed by atoms with E-state index in [0.29, 0.717) is 11.8 Å². The molecule has 0 radical (unpaired) electrons. The van der Waals surface area contributed by atoms with Gasteiger partial charge in [-0.1, -0.05) is 20.8 Å². The highest BCUT2D eigenvalue weighted by Gasteiger charge is 2.16. The highest BCUT2D eigenvalue weighted by Crippen LogP contribution is 2.20. The van der Waals surface area contributed by atoms with Gasteiger partial charge < -0.3 is 9.64 Å². The Morgan fingerprint density at radius 1 is 1.00 bits per heavy atom. The zero-order chi connectivity index (χ0) is 15.1. The van der Waals surface area contributed by atoms with E-state index in [-0.39, 0.29) is 11.6 Å². The van der Waals surface area contributed by atoms with Crippen molar-refractivity contribution in [3.63, 3.8) is 0 Å². The van der Waals surface area contributed by atoms with Gasteiger partial charge >= 0.3 is 5.97 Å². The molecule has 0 fully saturated rings. The van der Waals surface area contributed by atoms with Crippen LogP contribution in [0, 0.1) is 5.41 Å². The third-order valence-corrected chi connectivity index (χ3v) is 2.81. The van der Waals surface area contributed by atoms with E-state index in [1.165, 1.54) is 12.8 Å². The van der Waals surface area contributed by atoms with Crippen molar-refractivity contribution in [3.8, 4) is 0 Å². The first kappa shape index (κ1) is 18.4. The molecule has 0 aliphatic rings. The van der Waals surface area contributed by atoms with Gasteiger partial charge in [0, 0.05) is 6.42 Å². The summed E-state index contributed by atoms with van der Waals surface area (Å²) >= 11 is 0. The molecule has 0 unspecified atom stereocenters. The number of carbonyl (C=O) groups excluding carboxylic acids is 1. The number of rotatable bonds is 7. The third-order valence-electron chi connectivity index (χ3n) is 2.81. The normalized spacial score (nSPS) is 12.8. The van der Waals surface area contributed by atoms with Crippen LogP contribution >= 0.6 is 0 Å². The predicted molar refractivity (Wildman–Crippen MR) is 81.3 cm³/mol. The van der Waals surface area contributed by atoms with E-state index in [9.17, 15) is 4.79 Å². The van der Waals surface area contributed by atoms with Crippen molar-refractivity contribution in [1.82, 2.24) is 4.90 Å². The summed E-state index contributed by atoms with van der Waals surface area (Å²) in [7, 11) is 2.12. The van der Waals surface area contributed by atoms with E-state index in [2.05, 4.69) is 32.7 Å². The Balaban J connectivity index is 3.64. The molecular weight excluding hydrogens is 238 g/mol. The third kappa shape index (κ3) is 13.7. The summed E-state index contributed by atoms with van der Waals surface area (Å²) in [5, 5.41) is 0. The van der Waals surface area contributed by atoms with E-state index in [0.717, 1.165) is 19.5 Å². The van der Waals surface area contributed by atoms with Gasteiger partial charge in [0.05, 0.1) is 0 Å². The minimum atomic E-state index is -0.365. The molecule has 0 saturated heterocycles. The highest BCUT2D eigenvalue weighted by atomic mass is 16.6. The standard InChI is InChI=1S/C16H33NO2/c1-15(2,3)11-9-13-17(7)12-8-10-14(18)19-16(4,5)6/h8-13H2,1-7H3. The first-order chi connectivity index (χ1) is 8.49. The number of esters is 1. The predicted octanol–water partition coefficient (Wildman–Crippen LogP) is 3.87. The topological polar surface area (TPSA) is 29.5 Å². The van der Waals surface area contributed by atoms with E-state index in [1.807, 2.05) is 20.8 Å². The molecule has 19 heavy (non-hydrogen) atoms. The summed E-state index contributed by atoms with van der Waals surface area (Å²) in [5.74, 6) is -0.0874. The molecule has 0 N–H and O–H groups in total. The van der Waals surface area contributed by atoms with Crippen LogP contribution in [0.25, 0.3) is 0 Å². The maximum absolute atomic E-state index is 11.5. The van der Waals surface area contributed by atoms with Gasteiger partial charge in [0.2, 0.25) is 0 Å². The fraction of sp³-hybridized carbons (Fsp3) is 0.938. The van der Waals surface area contributed by atoms with Crippen LogP contribution < -0.4 is 0 Å². The number of hydrogen-bond donors (Lipinski definition) is 0. The van der Waals surface area contributed by atoms with E-state index in [1.54, 1.807) is 0 Å². The fourth-order valence-electron chi connectivity index (χ4n) is 1.88. The lowest BCUT2D eigenvalue weighted by Crippen LogP contribution is -2.26. The lowest BCUT2D eigenvalue weighted by atomic mass is 9.90. The summed E-state index contributed by atoms with van der Waals surface area (Å²) < 4.78 is 5.29. The molecule has 0 heterocycles. The molecule has 0 aliphatic carbocycles.